The molecule has 1 aliphatic heterocycles. The molecule has 1 amide bonds. The molecular weight excluding hydrogens is 420 g/mol. The molecule has 3 aromatic heterocycles. The average Bonchev–Trinajstić information content (AvgIpc) is 3.41. The molecule has 7 nitrogen and oxygen atoms in total. The molecule has 6 rings (SSSR count). The fourth-order valence-corrected chi connectivity index (χ4v) is 6.12. The number of carbonyl (C=O) groups excluding carboxylic acids is 1. The Bertz CT molecular complexity index is 1150. The van der Waals surface area contributed by atoms with E-state index in [0.717, 1.165) is 73.9 Å². The van der Waals surface area contributed by atoms with Gasteiger partial charge in [0.2, 0.25) is 5.91 Å². The van der Waals surface area contributed by atoms with Crippen LogP contribution in [0.2, 0.25) is 0 Å². The van der Waals surface area contributed by atoms with Crippen LogP contribution in [0.1, 0.15) is 36.6 Å². The van der Waals surface area contributed by atoms with Crippen LogP contribution in [0, 0.1) is 0 Å². The minimum atomic E-state index is -0.0838. The van der Waals surface area contributed by atoms with Crippen LogP contribution in [-0.4, -0.2) is 64.0 Å². The minimum Gasteiger partial charge on any atom is -0.353 e. The van der Waals surface area contributed by atoms with Gasteiger partial charge >= 0.3 is 0 Å². The van der Waals surface area contributed by atoms with Crippen molar-refractivity contribution in [2.75, 3.05) is 31.1 Å². The van der Waals surface area contributed by atoms with E-state index in [1.807, 2.05) is 36.6 Å². The quantitative estimate of drug-likeness (QED) is 0.647. The number of thiophene rings is 1. The number of hydrogen-bond donors (Lipinski definition) is 1. The molecule has 166 valence electrons. The molecule has 1 atom stereocenters. The molecule has 1 unspecified atom stereocenters. The third kappa shape index (κ3) is 3.65. The van der Waals surface area contributed by atoms with E-state index >= 15 is 0 Å². The Balaban J connectivity index is 1.29. The highest BCUT2D eigenvalue weighted by molar-refractivity contribution is 7.19. The zero-order valence-electron chi connectivity index (χ0n) is 18.4. The summed E-state index contributed by atoms with van der Waals surface area (Å²) in [7, 11) is 0. The summed E-state index contributed by atoms with van der Waals surface area (Å²) in [6.07, 6.45) is 9.37. The summed E-state index contributed by atoms with van der Waals surface area (Å²) in [6.45, 7) is 5.48. The lowest BCUT2D eigenvalue weighted by atomic mass is 10.1. The molecule has 2 fully saturated rings. The van der Waals surface area contributed by atoms with Gasteiger partial charge in [0.25, 0.3) is 0 Å². The Labute approximate surface area is 191 Å². The van der Waals surface area contributed by atoms with Gasteiger partial charge in [0.05, 0.1) is 11.4 Å². The van der Waals surface area contributed by atoms with Crippen LogP contribution in [0.4, 0.5) is 5.82 Å². The SMILES string of the molecule is CC(C(=O)NC1CC1)N1CCN(c2nc(-c3cccnc3)nc3sc4c(c23)CCC4)CC1. The average molecular weight is 449 g/mol. The van der Waals surface area contributed by atoms with E-state index in [1.54, 1.807) is 6.20 Å². The number of pyridine rings is 1. The monoisotopic (exact) mass is 448 g/mol. The van der Waals surface area contributed by atoms with Crippen LogP contribution in [0.5, 0.6) is 0 Å². The van der Waals surface area contributed by atoms with Crippen molar-refractivity contribution in [3.63, 3.8) is 0 Å². The number of fused-ring (bicyclic) bond motifs is 3. The summed E-state index contributed by atoms with van der Waals surface area (Å²) >= 11 is 1.83. The first-order valence-electron chi connectivity index (χ1n) is 11.7. The molecule has 0 bridgehead atoms. The number of piperazine rings is 1. The number of rotatable bonds is 5. The second-order valence-electron chi connectivity index (χ2n) is 9.13. The Morgan fingerprint density at radius 1 is 1.19 bits per heavy atom. The first-order chi connectivity index (χ1) is 15.7. The maximum atomic E-state index is 12.5. The fourth-order valence-electron chi connectivity index (χ4n) is 4.87. The summed E-state index contributed by atoms with van der Waals surface area (Å²) in [6, 6.07) is 4.29. The van der Waals surface area contributed by atoms with Crippen LogP contribution in [0.15, 0.2) is 24.5 Å². The van der Waals surface area contributed by atoms with Crippen molar-refractivity contribution in [3.8, 4) is 11.4 Å². The van der Waals surface area contributed by atoms with E-state index in [1.165, 1.54) is 22.2 Å². The van der Waals surface area contributed by atoms with Crippen LogP contribution in [0.25, 0.3) is 21.6 Å². The molecule has 3 aliphatic rings. The Kier molecular flexibility index (Phi) is 5.07. The van der Waals surface area contributed by atoms with E-state index in [0.29, 0.717) is 6.04 Å². The number of anilines is 1. The van der Waals surface area contributed by atoms with Gasteiger partial charge in [-0.3, -0.25) is 14.7 Å². The Hall–Kier alpha value is -2.58. The molecule has 4 heterocycles. The van der Waals surface area contributed by atoms with Gasteiger partial charge in [-0.1, -0.05) is 0 Å². The number of nitrogens with one attached hydrogen (secondary N) is 1. The highest BCUT2D eigenvalue weighted by atomic mass is 32.1. The fraction of sp³-hybridized carbons (Fsp3) is 0.500. The summed E-state index contributed by atoms with van der Waals surface area (Å²) < 4.78 is 0. The number of aryl methyl sites for hydroxylation is 2. The molecule has 2 aliphatic carbocycles. The number of hydrogen-bond acceptors (Lipinski definition) is 7. The highest BCUT2D eigenvalue weighted by Crippen LogP contribution is 2.41. The van der Waals surface area contributed by atoms with E-state index in [-0.39, 0.29) is 11.9 Å². The summed E-state index contributed by atoms with van der Waals surface area (Å²) in [5, 5.41) is 4.40. The molecule has 0 spiro atoms. The number of amides is 1. The van der Waals surface area contributed by atoms with Crippen molar-refractivity contribution < 1.29 is 4.79 Å². The maximum Gasteiger partial charge on any atom is 0.237 e. The lowest BCUT2D eigenvalue weighted by Crippen LogP contribution is -2.54. The largest absolute Gasteiger partial charge is 0.353 e. The molecule has 32 heavy (non-hydrogen) atoms. The second-order valence-corrected chi connectivity index (χ2v) is 10.2. The standard InChI is InChI=1S/C24H28N6OS/c1-15(23(31)26-17-7-8-17)29-10-12-30(13-11-29)22-20-18-5-2-6-19(18)32-24(20)28-21(27-22)16-4-3-9-25-14-16/h3-4,9,14-15,17H,2,5-8,10-13H2,1H3,(H,26,31). The predicted octanol–water partition coefficient (Wildman–Crippen LogP) is 3.03. The third-order valence-electron chi connectivity index (χ3n) is 6.93. The first kappa shape index (κ1) is 20.1. The maximum absolute atomic E-state index is 12.5. The van der Waals surface area contributed by atoms with Gasteiger partial charge in [-0.2, -0.15) is 0 Å². The van der Waals surface area contributed by atoms with Crippen LogP contribution < -0.4 is 10.2 Å². The Morgan fingerprint density at radius 3 is 2.78 bits per heavy atom. The normalized spacial score (nSPS) is 19.8. The van der Waals surface area contributed by atoms with Gasteiger partial charge in [-0.15, -0.1) is 11.3 Å². The first-order valence-corrected chi connectivity index (χ1v) is 12.5. The van der Waals surface area contributed by atoms with Crippen molar-refractivity contribution in [1.29, 1.82) is 0 Å². The van der Waals surface area contributed by atoms with Gasteiger partial charge < -0.3 is 10.2 Å². The number of carbonyl (C=O) groups is 1. The molecule has 0 radical (unpaired) electrons. The number of nitrogens with zero attached hydrogens (tertiary/aromatic N) is 5. The van der Waals surface area contributed by atoms with Crippen LogP contribution in [0.3, 0.4) is 0 Å². The lowest BCUT2D eigenvalue weighted by molar-refractivity contribution is -0.126. The zero-order valence-corrected chi connectivity index (χ0v) is 19.2. The minimum absolute atomic E-state index is 0.0838. The molecule has 1 saturated heterocycles. The van der Waals surface area contributed by atoms with Crippen LogP contribution in [-0.2, 0) is 17.6 Å². The molecule has 0 aromatic carbocycles. The van der Waals surface area contributed by atoms with E-state index in [9.17, 15) is 4.79 Å². The van der Waals surface area contributed by atoms with E-state index in [2.05, 4.69) is 20.1 Å². The van der Waals surface area contributed by atoms with Gasteiger partial charge in [0.1, 0.15) is 10.6 Å². The Morgan fingerprint density at radius 2 is 2.03 bits per heavy atom. The van der Waals surface area contributed by atoms with Gasteiger partial charge in [-0.25, -0.2) is 9.97 Å². The second kappa shape index (κ2) is 8.08. The van der Waals surface area contributed by atoms with Crippen molar-refractivity contribution in [3.05, 3.63) is 35.0 Å². The zero-order chi connectivity index (χ0) is 21.7. The molecule has 1 N–H and O–H groups in total. The number of aromatic nitrogens is 3. The van der Waals surface area contributed by atoms with Gasteiger partial charge in [0, 0.05) is 55.1 Å². The summed E-state index contributed by atoms with van der Waals surface area (Å²) in [5.74, 6) is 1.98. The van der Waals surface area contributed by atoms with Crippen molar-refractivity contribution in [2.24, 2.45) is 0 Å². The van der Waals surface area contributed by atoms with Crippen molar-refractivity contribution in [1.82, 2.24) is 25.2 Å². The van der Waals surface area contributed by atoms with Crippen LogP contribution >= 0.6 is 11.3 Å². The van der Waals surface area contributed by atoms with Gasteiger partial charge in [0.15, 0.2) is 5.82 Å². The smallest absolute Gasteiger partial charge is 0.237 e. The third-order valence-corrected chi connectivity index (χ3v) is 8.12. The predicted molar refractivity (Wildman–Crippen MR) is 127 cm³/mol. The highest BCUT2D eigenvalue weighted by Gasteiger charge is 2.32. The van der Waals surface area contributed by atoms with E-state index < -0.39 is 0 Å². The summed E-state index contributed by atoms with van der Waals surface area (Å²) in [5.41, 5.74) is 2.41. The van der Waals surface area contributed by atoms with Gasteiger partial charge in [-0.05, 0) is 56.7 Å². The lowest BCUT2D eigenvalue weighted by Gasteiger charge is -2.38. The summed E-state index contributed by atoms with van der Waals surface area (Å²) in [4.78, 5) is 34.1. The van der Waals surface area contributed by atoms with Crippen molar-refractivity contribution in [2.45, 2.75) is 51.1 Å². The molecule has 3 aromatic rings. The molecular formula is C24H28N6OS. The molecule has 1 saturated carbocycles. The molecule has 8 heteroatoms. The van der Waals surface area contributed by atoms with E-state index in [4.69, 9.17) is 9.97 Å². The van der Waals surface area contributed by atoms with Crippen molar-refractivity contribution >= 4 is 33.3 Å². The topological polar surface area (TPSA) is 74.2 Å².